The quantitative estimate of drug-likeness (QED) is 0.296. The third kappa shape index (κ3) is 3.41. The summed E-state index contributed by atoms with van der Waals surface area (Å²) in [6.07, 6.45) is -2.54. The van der Waals surface area contributed by atoms with Crippen LogP contribution in [0.4, 0.5) is 13.2 Å². The summed E-state index contributed by atoms with van der Waals surface area (Å²) in [5.41, 5.74) is 5.92. The van der Waals surface area contributed by atoms with E-state index in [4.69, 9.17) is 0 Å². The van der Waals surface area contributed by atoms with Crippen molar-refractivity contribution in [2.75, 3.05) is 0 Å². The largest absolute Gasteiger partial charge is 0.416 e. The highest BCUT2D eigenvalue weighted by molar-refractivity contribution is 5.94. The van der Waals surface area contributed by atoms with Crippen LogP contribution in [0.3, 0.4) is 0 Å². The third-order valence-corrected chi connectivity index (χ3v) is 6.38. The van der Waals surface area contributed by atoms with Gasteiger partial charge in [-0.15, -0.1) is 0 Å². The molecule has 0 amide bonds. The van der Waals surface area contributed by atoms with Gasteiger partial charge in [0.15, 0.2) is 0 Å². The maximum Gasteiger partial charge on any atom is 0.416 e. The summed E-state index contributed by atoms with van der Waals surface area (Å²) in [4.78, 5) is 7.98. The molecule has 6 rings (SSSR count). The summed E-state index contributed by atoms with van der Waals surface area (Å²) >= 11 is 0. The van der Waals surface area contributed by atoms with Gasteiger partial charge in [0, 0.05) is 11.5 Å². The highest BCUT2D eigenvalue weighted by atomic mass is 19.4. The average molecular weight is 452 g/mol. The van der Waals surface area contributed by atoms with Gasteiger partial charge in [-0.05, 0) is 52.1 Å². The Morgan fingerprint density at radius 3 is 2.24 bits per heavy atom. The second kappa shape index (κ2) is 7.73. The molecule has 0 saturated carbocycles. The maximum absolute atomic E-state index is 13.9. The molecule has 1 aliphatic rings. The Labute approximate surface area is 194 Å². The lowest BCUT2D eigenvalue weighted by Gasteiger charge is -2.21. The third-order valence-electron chi connectivity index (χ3n) is 6.38. The minimum atomic E-state index is -4.43. The molecular formula is C29H19F3N2. The van der Waals surface area contributed by atoms with E-state index in [2.05, 4.69) is 9.97 Å². The summed E-state index contributed by atoms with van der Waals surface area (Å²) in [6.45, 7) is 0. The number of rotatable bonds is 3. The Hall–Kier alpha value is -4.12. The van der Waals surface area contributed by atoms with E-state index in [1.807, 2.05) is 78.9 Å². The minimum absolute atomic E-state index is 0.220. The summed E-state index contributed by atoms with van der Waals surface area (Å²) in [5.74, 6) is 0.474. The van der Waals surface area contributed by atoms with Crippen LogP contribution >= 0.6 is 0 Å². The Kier molecular flexibility index (Phi) is 4.66. The normalized spacial score (nSPS) is 15.4. The van der Waals surface area contributed by atoms with Crippen molar-refractivity contribution < 1.29 is 13.2 Å². The molecule has 1 N–H and O–H groups in total. The first kappa shape index (κ1) is 20.5. The second-order valence-electron chi connectivity index (χ2n) is 8.43. The van der Waals surface area contributed by atoms with Crippen LogP contribution in [-0.2, 0) is 6.18 Å². The number of halogens is 3. The van der Waals surface area contributed by atoms with Crippen molar-refractivity contribution in [2.45, 2.75) is 12.1 Å². The van der Waals surface area contributed by atoms with E-state index in [0.29, 0.717) is 5.57 Å². The van der Waals surface area contributed by atoms with Gasteiger partial charge in [0.25, 0.3) is 0 Å². The van der Waals surface area contributed by atoms with Crippen molar-refractivity contribution in [1.29, 1.82) is 0 Å². The number of H-pyrrole nitrogens is 1. The van der Waals surface area contributed by atoms with Crippen molar-refractivity contribution in [3.63, 3.8) is 0 Å². The number of fused-ring (bicyclic) bond motifs is 2. The molecule has 0 saturated heterocycles. The highest BCUT2D eigenvalue weighted by Crippen LogP contribution is 2.48. The number of alkyl halides is 3. The van der Waals surface area contributed by atoms with Crippen molar-refractivity contribution in [1.82, 2.24) is 9.97 Å². The first-order valence-electron chi connectivity index (χ1n) is 11.0. The first-order chi connectivity index (χ1) is 16.5. The Bertz CT molecular complexity index is 1510. The molecule has 1 aromatic heterocycles. The smallest absolute Gasteiger partial charge is 0.338 e. The van der Waals surface area contributed by atoms with Crippen molar-refractivity contribution in [3.8, 4) is 11.4 Å². The molecule has 166 valence electrons. The molecule has 5 heteroatoms. The SMILES string of the molecule is FC(F)(F)c1ccccc1C1=Cc2ccccc2C1c1ccc(-c2nc3ccccc3[nH]2)cc1. The molecule has 2 nitrogen and oxygen atoms in total. The number of aromatic amines is 1. The highest BCUT2D eigenvalue weighted by Gasteiger charge is 2.37. The standard InChI is InChI=1S/C29H19F3N2/c30-29(31,32)24-10-4-3-9-22(24)23-17-20-7-1-2-8-21(20)27(23)18-13-15-19(16-14-18)28-33-25-11-5-6-12-26(25)34-28/h1-17,27H,(H,33,34). The predicted molar refractivity (Wildman–Crippen MR) is 129 cm³/mol. The van der Waals surface area contributed by atoms with E-state index in [0.717, 1.165) is 45.2 Å². The van der Waals surface area contributed by atoms with Crippen LogP contribution in [0.15, 0.2) is 97.1 Å². The Morgan fingerprint density at radius 2 is 1.44 bits per heavy atom. The monoisotopic (exact) mass is 452 g/mol. The number of aromatic nitrogens is 2. The van der Waals surface area contributed by atoms with Crippen LogP contribution in [0, 0.1) is 0 Å². The zero-order chi connectivity index (χ0) is 23.3. The van der Waals surface area contributed by atoms with Crippen molar-refractivity contribution in [3.05, 3.63) is 125 Å². The van der Waals surface area contributed by atoms with E-state index in [1.54, 1.807) is 12.1 Å². The van der Waals surface area contributed by atoms with Gasteiger partial charge >= 0.3 is 6.18 Å². The minimum Gasteiger partial charge on any atom is -0.338 e. The fourth-order valence-electron chi connectivity index (χ4n) is 4.82. The lowest BCUT2D eigenvalue weighted by atomic mass is 9.83. The molecule has 0 spiro atoms. The molecule has 1 atom stereocenters. The fraction of sp³-hybridized carbons (Fsp3) is 0.0690. The molecule has 0 radical (unpaired) electrons. The Balaban J connectivity index is 1.44. The predicted octanol–water partition coefficient (Wildman–Crippen LogP) is 7.93. The van der Waals surface area contributed by atoms with Crippen molar-refractivity contribution in [2.24, 2.45) is 0 Å². The summed E-state index contributed by atoms with van der Waals surface area (Å²) in [6, 6.07) is 29.4. The van der Waals surface area contributed by atoms with Gasteiger partial charge in [-0.2, -0.15) is 13.2 Å². The molecular weight excluding hydrogens is 433 g/mol. The van der Waals surface area contributed by atoms with E-state index in [-0.39, 0.29) is 11.5 Å². The van der Waals surface area contributed by atoms with Crippen molar-refractivity contribution >= 4 is 22.7 Å². The van der Waals surface area contributed by atoms with Gasteiger partial charge in [-0.3, -0.25) is 0 Å². The second-order valence-corrected chi connectivity index (χ2v) is 8.43. The lowest BCUT2D eigenvalue weighted by molar-refractivity contribution is -0.137. The number of nitrogens with zero attached hydrogens (tertiary/aromatic N) is 1. The van der Waals surface area contributed by atoms with Crippen LogP contribution in [-0.4, -0.2) is 9.97 Å². The molecule has 4 aromatic carbocycles. The number of hydrogen-bond donors (Lipinski definition) is 1. The molecule has 5 aromatic rings. The van der Waals surface area contributed by atoms with Gasteiger partial charge in [0.05, 0.1) is 16.6 Å². The number of para-hydroxylation sites is 2. The van der Waals surface area contributed by atoms with Gasteiger partial charge in [-0.25, -0.2) is 4.98 Å². The van der Waals surface area contributed by atoms with Crippen LogP contribution < -0.4 is 0 Å². The molecule has 1 unspecified atom stereocenters. The molecule has 1 aliphatic carbocycles. The lowest BCUT2D eigenvalue weighted by Crippen LogP contribution is -2.10. The first-order valence-corrected chi connectivity index (χ1v) is 11.0. The number of benzene rings is 4. The van der Waals surface area contributed by atoms with E-state index in [9.17, 15) is 13.2 Å². The average Bonchev–Trinajstić information content (AvgIpc) is 3.45. The van der Waals surface area contributed by atoms with Crippen LogP contribution in [0.25, 0.3) is 34.1 Å². The number of nitrogens with one attached hydrogen (secondary N) is 1. The van der Waals surface area contributed by atoms with Gasteiger partial charge in [-0.1, -0.05) is 78.9 Å². The van der Waals surface area contributed by atoms with Gasteiger partial charge in [0.1, 0.15) is 5.82 Å². The van der Waals surface area contributed by atoms with E-state index < -0.39 is 11.7 Å². The number of allylic oxidation sites excluding steroid dienone is 1. The van der Waals surface area contributed by atoms with Crippen LogP contribution in [0.1, 0.15) is 33.7 Å². The zero-order valence-corrected chi connectivity index (χ0v) is 18.0. The molecule has 34 heavy (non-hydrogen) atoms. The summed E-state index contributed by atoms with van der Waals surface area (Å²) in [7, 11) is 0. The number of hydrogen-bond acceptors (Lipinski definition) is 1. The van der Waals surface area contributed by atoms with E-state index >= 15 is 0 Å². The van der Waals surface area contributed by atoms with Crippen LogP contribution in [0.5, 0.6) is 0 Å². The molecule has 0 fully saturated rings. The van der Waals surface area contributed by atoms with Crippen LogP contribution in [0.2, 0.25) is 0 Å². The summed E-state index contributed by atoms with van der Waals surface area (Å²) < 4.78 is 41.6. The fourth-order valence-corrected chi connectivity index (χ4v) is 4.82. The molecule has 0 bridgehead atoms. The van der Waals surface area contributed by atoms with Gasteiger partial charge in [0.2, 0.25) is 0 Å². The maximum atomic E-state index is 13.9. The van der Waals surface area contributed by atoms with Gasteiger partial charge < -0.3 is 4.98 Å². The van der Waals surface area contributed by atoms with E-state index in [1.165, 1.54) is 6.07 Å². The Morgan fingerprint density at radius 1 is 0.735 bits per heavy atom. The topological polar surface area (TPSA) is 28.7 Å². The molecule has 0 aliphatic heterocycles. The molecule has 1 heterocycles. The summed E-state index contributed by atoms with van der Waals surface area (Å²) in [5, 5.41) is 0. The zero-order valence-electron chi connectivity index (χ0n) is 18.0. The number of imidazole rings is 1.